The second-order valence-corrected chi connectivity index (χ2v) is 6.72. The first-order chi connectivity index (χ1) is 9.06. The van der Waals surface area contributed by atoms with Crippen molar-refractivity contribution in [3.8, 4) is 0 Å². The highest BCUT2D eigenvalue weighted by molar-refractivity contribution is 9.11. The molecule has 1 aromatic rings. The van der Waals surface area contributed by atoms with E-state index in [4.69, 9.17) is 0 Å². The number of thiophene rings is 1. The van der Waals surface area contributed by atoms with Gasteiger partial charge in [-0.15, -0.1) is 11.3 Å². The number of rotatable bonds is 5. The SMILES string of the molecule is O=C(CCN1C(=O)CCC1=O)NCc1ccc(Br)s1. The smallest absolute Gasteiger partial charge is 0.229 e. The van der Waals surface area contributed by atoms with Gasteiger partial charge in [0, 0.05) is 30.7 Å². The van der Waals surface area contributed by atoms with E-state index in [1.165, 1.54) is 4.90 Å². The van der Waals surface area contributed by atoms with Crippen molar-refractivity contribution in [2.75, 3.05) is 6.54 Å². The lowest BCUT2D eigenvalue weighted by Crippen LogP contribution is -2.33. The molecule has 19 heavy (non-hydrogen) atoms. The Hall–Kier alpha value is -1.21. The molecule has 1 aromatic heterocycles. The van der Waals surface area contributed by atoms with Crippen molar-refractivity contribution in [2.45, 2.75) is 25.8 Å². The normalized spacial score (nSPS) is 15.1. The molecule has 3 amide bonds. The first-order valence-electron chi connectivity index (χ1n) is 5.90. The van der Waals surface area contributed by atoms with Crippen molar-refractivity contribution in [1.29, 1.82) is 0 Å². The lowest BCUT2D eigenvalue weighted by atomic mass is 10.3. The molecule has 1 aliphatic heterocycles. The fourth-order valence-corrected chi connectivity index (χ4v) is 3.23. The first-order valence-corrected chi connectivity index (χ1v) is 7.51. The molecule has 0 aliphatic carbocycles. The highest BCUT2D eigenvalue weighted by Crippen LogP contribution is 2.21. The summed E-state index contributed by atoms with van der Waals surface area (Å²) >= 11 is 4.91. The minimum Gasteiger partial charge on any atom is -0.351 e. The molecule has 0 spiro atoms. The molecule has 0 aromatic carbocycles. The van der Waals surface area contributed by atoms with Gasteiger partial charge in [0.25, 0.3) is 0 Å². The number of amides is 3. The highest BCUT2D eigenvalue weighted by atomic mass is 79.9. The van der Waals surface area contributed by atoms with Gasteiger partial charge in [0.2, 0.25) is 17.7 Å². The van der Waals surface area contributed by atoms with E-state index in [1.807, 2.05) is 12.1 Å². The average Bonchev–Trinajstić information content (AvgIpc) is 2.92. The Bertz CT molecular complexity index is 499. The van der Waals surface area contributed by atoms with Crippen LogP contribution < -0.4 is 5.32 Å². The third-order valence-electron chi connectivity index (χ3n) is 2.81. The van der Waals surface area contributed by atoms with Crippen LogP contribution in [-0.4, -0.2) is 29.2 Å². The largest absolute Gasteiger partial charge is 0.351 e. The maximum atomic E-state index is 11.6. The van der Waals surface area contributed by atoms with Crippen molar-refractivity contribution < 1.29 is 14.4 Å². The third-order valence-corrected chi connectivity index (χ3v) is 4.43. The van der Waals surface area contributed by atoms with E-state index in [-0.39, 0.29) is 43.5 Å². The number of imide groups is 1. The van der Waals surface area contributed by atoms with Crippen LogP contribution in [-0.2, 0) is 20.9 Å². The molecule has 1 saturated heterocycles. The Balaban J connectivity index is 1.73. The van der Waals surface area contributed by atoms with E-state index in [9.17, 15) is 14.4 Å². The third kappa shape index (κ3) is 3.87. The van der Waals surface area contributed by atoms with Gasteiger partial charge in [0.15, 0.2) is 0 Å². The van der Waals surface area contributed by atoms with Gasteiger partial charge in [-0.3, -0.25) is 19.3 Å². The second-order valence-electron chi connectivity index (χ2n) is 4.17. The molecule has 0 radical (unpaired) electrons. The molecule has 0 saturated carbocycles. The zero-order chi connectivity index (χ0) is 13.8. The van der Waals surface area contributed by atoms with Crippen LogP contribution in [0.5, 0.6) is 0 Å². The van der Waals surface area contributed by atoms with Gasteiger partial charge in [-0.05, 0) is 28.1 Å². The summed E-state index contributed by atoms with van der Waals surface area (Å²) in [5.74, 6) is -0.517. The molecule has 102 valence electrons. The number of carbonyl (C=O) groups excluding carboxylic acids is 3. The van der Waals surface area contributed by atoms with Gasteiger partial charge in [-0.1, -0.05) is 0 Å². The molecule has 0 unspecified atom stereocenters. The highest BCUT2D eigenvalue weighted by Gasteiger charge is 2.28. The number of likely N-dealkylation sites (tertiary alicyclic amines) is 1. The molecular formula is C12H13BrN2O3S. The number of nitrogens with one attached hydrogen (secondary N) is 1. The Morgan fingerprint density at radius 1 is 1.32 bits per heavy atom. The lowest BCUT2D eigenvalue weighted by molar-refractivity contribution is -0.138. The summed E-state index contributed by atoms with van der Waals surface area (Å²) in [5.41, 5.74) is 0. The molecule has 7 heteroatoms. The fourth-order valence-electron chi connectivity index (χ4n) is 1.81. The van der Waals surface area contributed by atoms with E-state index in [0.717, 1.165) is 8.66 Å². The van der Waals surface area contributed by atoms with Crippen molar-refractivity contribution in [3.05, 3.63) is 20.8 Å². The summed E-state index contributed by atoms with van der Waals surface area (Å²) in [6.45, 7) is 0.647. The van der Waals surface area contributed by atoms with Crippen LogP contribution in [0.4, 0.5) is 0 Å². The van der Waals surface area contributed by atoms with E-state index in [1.54, 1.807) is 11.3 Å². The van der Waals surface area contributed by atoms with Crippen molar-refractivity contribution in [2.24, 2.45) is 0 Å². The van der Waals surface area contributed by atoms with Gasteiger partial charge in [0.05, 0.1) is 10.3 Å². The number of carbonyl (C=O) groups is 3. The number of halogens is 1. The van der Waals surface area contributed by atoms with Gasteiger partial charge in [-0.25, -0.2) is 0 Å². The standard InChI is InChI=1S/C12H13BrN2O3S/c13-9-2-1-8(19-9)7-14-10(16)5-6-15-11(17)3-4-12(15)18/h1-2H,3-7H2,(H,14,16). The monoisotopic (exact) mass is 344 g/mol. The molecule has 2 rings (SSSR count). The van der Waals surface area contributed by atoms with Crippen LogP contribution in [0.1, 0.15) is 24.1 Å². The molecule has 1 aliphatic rings. The fraction of sp³-hybridized carbons (Fsp3) is 0.417. The van der Waals surface area contributed by atoms with E-state index < -0.39 is 0 Å². The maximum Gasteiger partial charge on any atom is 0.229 e. The predicted molar refractivity (Wildman–Crippen MR) is 74.4 cm³/mol. The van der Waals surface area contributed by atoms with E-state index >= 15 is 0 Å². The summed E-state index contributed by atoms with van der Waals surface area (Å²) in [7, 11) is 0. The van der Waals surface area contributed by atoms with Crippen LogP contribution in [0.3, 0.4) is 0 Å². The van der Waals surface area contributed by atoms with Crippen molar-refractivity contribution in [3.63, 3.8) is 0 Å². The van der Waals surface area contributed by atoms with Crippen molar-refractivity contribution >= 4 is 45.0 Å². The minimum atomic E-state index is -0.181. The summed E-state index contributed by atoms with van der Waals surface area (Å²) in [4.78, 5) is 36.5. The maximum absolute atomic E-state index is 11.6. The lowest BCUT2D eigenvalue weighted by Gasteiger charge is -2.13. The number of hydrogen-bond acceptors (Lipinski definition) is 4. The van der Waals surface area contributed by atoms with Crippen LogP contribution in [0.25, 0.3) is 0 Å². The molecule has 1 fully saturated rings. The summed E-state index contributed by atoms with van der Waals surface area (Å²) in [5, 5.41) is 2.77. The molecule has 0 atom stereocenters. The number of nitrogens with zero attached hydrogens (tertiary/aromatic N) is 1. The molecule has 0 bridgehead atoms. The topological polar surface area (TPSA) is 66.5 Å². The molecular weight excluding hydrogens is 332 g/mol. The Labute approximate surface area is 123 Å². The average molecular weight is 345 g/mol. The van der Waals surface area contributed by atoms with E-state index in [0.29, 0.717) is 6.54 Å². The van der Waals surface area contributed by atoms with Crippen LogP contribution >= 0.6 is 27.3 Å². The molecule has 2 heterocycles. The minimum absolute atomic E-state index is 0.156. The van der Waals surface area contributed by atoms with Crippen LogP contribution in [0.15, 0.2) is 15.9 Å². The van der Waals surface area contributed by atoms with Gasteiger partial charge < -0.3 is 5.32 Å². The summed E-state index contributed by atoms with van der Waals surface area (Å²) < 4.78 is 1.02. The van der Waals surface area contributed by atoms with Crippen molar-refractivity contribution in [1.82, 2.24) is 10.2 Å². The van der Waals surface area contributed by atoms with E-state index in [2.05, 4.69) is 21.2 Å². The zero-order valence-corrected chi connectivity index (χ0v) is 12.6. The summed E-state index contributed by atoms with van der Waals surface area (Å²) in [6, 6.07) is 3.86. The zero-order valence-electron chi connectivity index (χ0n) is 10.1. The number of hydrogen-bond donors (Lipinski definition) is 1. The molecule has 1 N–H and O–H groups in total. The van der Waals surface area contributed by atoms with Gasteiger partial charge >= 0.3 is 0 Å². The second kappa shape index (κ2) is 6.29. The predicted octanol–water partition coefficient (Wildman–Crippen LogP) is 1.67. The summed E-state index contributed by atoms with van der Waals surface area (Å²) in [6.07, 6.45) is 0.692. The Kier molecular flexibility index (Phi) is 4.71. The quantitative estimate of drug-likeness (QED) is 0.826. The van der Waals surface area contributed by atoms with Gasteiger partial charge in [0.1, 0.15) is 0 Å². The van der Waals surface area contributed by atoms with Crippen LogP contribution in [0, 0.1) is 0 Å². The Morgan fingerprint density at radius 3 is 2.58 bits per heavy atom. The van der Waals surface area contributed by atoms with Gasteiger partial charge in [-0.2, -0.15) is 0 Å². The molecule has 5 nitrogen and oxygen atoms in total. The Morgan fingerprint density at radius 2 is 2.00 bits per heavy atom. The van der Waals surface area contributed by atoms with Crippen LogP contribution in [0.2, 0.25) is 0 Å². The first kappa shape index (κ1) is 14.2.